The summed E-state index contributed by atoms with van der Waals surface area (Å²) in [5, 5.41) is 19.3. The van der Waals surface area contributed by atoms with Crippen molar-refractivity contribution in [2.45, 2.75) is 12.2 Å². The van der Waals surface area contributed by atoms with Crippen LogP contribution in [0.1, 0.15) is 12.0 Å². The van der Waals surface area contributed by atoms with Crippen LogP contribution in [0.15, 0.2) is 22.7 Å². The summed E-state index contributed by atoms with van der Waals surface area (Å²) in [7, 11) is 0. The zero-order chi connectivity index (χ0) is 12.0. The minimum Gasteiger partial charge on any atom is -0.396 e. The molecule has 4 nitrogen and oxygen atoms in total. The van der Waals surface area contributed by atoms with Crippen LogP contribution in [0.2, 0.25) is 0 Å². The van der Waals surface area contributed by atoms with Crippen molar-refractivity contribution in [2.75, 3.05) is 12.4 Å². The van der Waals surface area contributed by atoms with E-state index in [9.17, 15) is 10.1 Å². The molecule has 0 aliphatic carbocycles. The second kappa shape index (κ2) is 6.88. The van der Waals surface area contributed by atoms with Crippen LogP contribution in [-0.2, 0) is 5.75 Å². The first-order valence-corrected chi connectivity index (χ1v) is 6.71. The second-order valence-corrected chi connectivity index (χ2v) is 5.13. The Morgan fingerprint density at radius 2 is 2.25 bits per heavy atom. The summed E-state index contributed by atoms with van der Waals surface area (Å²) in [5.41, 5.74) is 1.03. The predicted molar refractivity (Wildman–Crippen MR) is 68.7 cm³/mol. The summed E-state index contributed by atoms with van der Waals surface area (Å²) in [6.07, 6.45) is 0.753. The molecule has 0 aliphatic rings. The first-order valence-electron chi connectivity index (χ1n) is 4.76. The molecule has 1 rings (SSSR count). The van der Waals surface area contributed by atoms with Crippen molar-refractivity contribution in [3.8, 4) is 0 Å². The second-order valence-electron chi connectivity index (χ2n) is 3.17. The molecule has 0 spiro atoms. The van der Waals surface area contributed by atoms with Crippen LogP contribution in [0, 0.1) is 10.1 Å². The number of benzene rings is 1. The molecule has 0 amide bonds. The molecule has 1 N–H and O–H groups in total. The fraction of sp³-hybridized carbons (Fsp3) is 0.400. The molecule has 1 aromatic carbocycles. The maximum atomic E-state index is 10.7. The Morgan fingerprint density at radius 1 is 1.50 bits per heavy atom. The van der Waals surface area contributed by atoms with E-state index in [1.54, 1.807) is 23.9 Å². The smallest absolute Gasteiger partial charge is 0.283 e. The molecule has 0 saturated heterocycles. The number of aliphatic hydroxyl groups is 1. The SMILES string of the molecule is O=[N+]([O-])c1cc(CSCCCO)ccc1Br. The van der Waals surface area contributed by atoms with E-state index in [1.807, 2.05) is 6.07 Å². The molecule has 0 fully saturated rings. The van der Waals surface area contributed by atoms with E-state index in [0.717, 1.165) is 23.5 Å². The molecule has 0 aromatic heterocycles. The summed E-state index contributed by atoms with van der Waals surface area (Å²) >= 11 is 4.80. The molecule has 0 bridgehead atoms. The lowest BCUT2D eigenvalue weighted by molar-refractivity contribution is -0.385. The number of nitro groups is 1. The molecule has 0 saturated carbocycles. The van der Waals surface area contributed by atoms with Gasteiger partial charge in [0.2, 0.25) is 0 Å². The van der Waals surface area contributed by atoms with Crippen molar-refractivity contribution < 1.29 is 10.0 Å². The number of halogens is 1. The van der Waals surface area contributed by atoms with Crippen LogP contribution < -0.4 is 0 Å². The third-order valence-electron chi connectivity index (χ3n) is 1.92. The summed E-state index contributed by atoms with van der Waals surface area (Å²) in [6, 6.07) is 5.14. The average molecular weight is 306 g/mol. The van der Waals surface area contributed by atoms with Crippen molar-refractivity contribution in [3.63, 3.8) is 0 Å². The third kappa shape index (κ3) is 4.11. The lowest BCUT2D eigenvalue weighted by Crippen LogP contribution is -1.92. The van der Waals surface area contributed by atoms with Crippen molar-refractivity contribution in [2.24, 2.45) is 0 Å². The Bertz CT molecular complexity index is 373. The fourth-order valence-corrected chi connectivity index (χ4v) is 2.43. The van der Waals surface area contributed by atoms with Gasteiger partial charge in [-0.3, -0.25) is 10.1 Å². The summed E-state index contributed by atoms with van der Waals surface area (Å²) in [4.78, 5) is 10.3. The van der Waals surface area contributed by atoms with Crippen LogP contribution in [0.3, 0.4) is 0 Å². The van der Waals surface area contributed by atoms with Gasteiger partial charge in [0.25, 0.3) is 5.69 Å². The van der Waals surface area contributed by atoms with Gasteiger partial charge in [-0.15, -0.1) is 0 Å². The minimum absolute atomic E-state index is 0.0975. The van der Waals surface area contributed by atoms with Crippen LogP contribution in [0.25, 0.3) is 0 Å². The molecule has 0 radical (unpaired) electrons. The number of hydrogen-bond acceptors (Lipinski definition) is 4. The predicted octanol–water partition coefficient (Wildman–Crippen LogP) is 2.97. The normalized spacial score (nSPS) is 10.4. The summed E-state index contributed by atoms with van der Waals surface area (Å²) < 4.78 is 0.501. The lowest BCUT2D eigenvalue weighted by atomic mass is 10.2. The van der Waals surface area contributed by atoms with E-state index in [2.05, 4.69) is 15.9 Å². The fourth-order valence-electron chi connectivity index (χ4n) is 1.14. The topological polar surface area (TPSA) is 63.4 Å². The number of nitro benzene ring substituents is 1. The number of rotatable bonds is 6. The van der Waals surface area contributed by atoms with E-state index in [4.69, 9.17) is 5.11 Å². The standard InChI is InChI=1S/C10H12BrNO3S/c11-9-3-2-8(6-10(9)12(14)15)7-16-5-1-4-13/h2-3,6,13H,1,4-5,7H2. The summed E-state index contributed by atoms with van der Waals surface area (Å²) in [6.45, 7) is 0.188. The average Bonchev–Trinajstić information content (AvgIpc) is 2.26. The molecule has 1 aromatic rings. The van der Waals surface area contributed by atoms with Crippen molar-refractivity contribution >= 4 is 33.4 Å². The quantitative estimate of drug-likeness (QED) is 0.498. The monoisotopic (exact) mass is 305 g/mol. The third-order valence-corrected chi connectivity index (χ3v) is 3.71. The highest BCUT2D eigenvalue weighted by Gasteiger charge is 2.11. The molecular formula is C10H12BrNO3S. The van der Waals surface area contributed by atoms with E-state index >= 15 is 0 Å². The van der Waals surface area contributed by atoms with Gasteiger partial charge in [-0.2, -0.15) is 11.8 Å². The van der Waals surface area contributed by atoms with Crippen molar-refractivity contribution in [1.29, 1.82) is 0 Å². The number of nitrogens with zero attached hydrogens (tertiary/aromatic N) is 1. The highest BCUT2D eigenvalue weighted by molar-refractivity contribution is 9.10. The maximum absolute atomic E-state index is 10.7. The first-order chi connectivity index (χ1) is 7.65. The molecule has 0 heterocycles. The summed E-state index contributed by atoms with van der Waals surface area (Å²) in [5.74, 6) is 1.59. The number of aliphatic hydroxyl groups excluding tert-OH is 1. The van der Waals surface area contributed by atoms with Gasteiger partial charge in [-0.25, -0.2) is 0 Å². The van der Waals surface area contributed by atoms with Crippen LogP contribution >= 0.6 is 27.7 Å². The van der Waals surface area contributed by atoms with Gasteiger partial charge in [-0.05, 0) is 39.7 Å². The van der Waals surface area contributed by atoms with Gasteiger partial charge in [-0.1, -0.05) is 6.07 Å². The maximum Gasteiger partial charge on any atom is 0.283 e. The van der Waals surface area contributed by atoms with Gasteiger partial charge in [0, 0.05) is 18.4 Å². The highest BCUT2D eigenvalue weighted by Crippen LogP contribution is 2.27. The molecular weight excluding hydrogens is 294 g/mol. The van der Waals surface area contributed by atoms with Crippen LogP contribution in [0.5, 0.6) is 0 Å². The van der Waals surface area contributed by atoms with Gasteiger partial charge in [0.05, 0.1) is 9.40 Å². The Balaban J connectivity index is 2.61. The Morgan fingerprint density at radius 3 is 2.88 bits per heavy atom. The molecule has 0 aliphatic heterocycles. The highest BCUT2D eigenvalue weighted by atomic mass is 79.9. The van der Waals surface area contributed by atoms with E-state index in [-0.39, 0.29) is 12.3 Å². The van der Waals surface area contributed by atoms with Crippen molar-refractivity contribution in [1.82, 2.24) is 0 Å². The molecule has 0 atom stereocenters. The Hall–Kier alpha value is -0.590. The molecule has 88 valence electrons. The van der Waals surface area contributed by atoms with Crippen molar-refractivity contribution in [3.05, 3.63) is 38.3 Å². The minimum atomic E-state index is -0.397. The number of hydrogen-bond donors (Lipinski definition) is 1. The van der Waals surface area contributed by atoms with Gasteiger partial charge < -0.3 is 5.11 Å². The Kier molecular flexibility index (Phi) is 5.79. The van der Waals surface area contributed by atoms with E-state index in [1.165, 1.54) is 0 Å². The Labute approximate surface area is 106 Å². The largest absolute Gasteiger partial charge is 0.396 e. The molecule has 0 unspecified atom stereocenters. The van der Waals surface area contributed by atoms with Gasteiger partial charge >= 0.3 is 0 Å². The van der Waals surface area contributed by atoms with E-state index < -0.39 is 4.92 Å². The first kappa shape index (κ1) is 13.5. The molecule has 6 heteroatoms. The lowest BCUT2D eigenvalue weighted by Gasteiger charge is -2.02. The zero-order valence-electron chi connectivity index (χ0n) is 8.56. The zero-order valence-corrected chi connectivity index (χ0v) is 11.0. The number of thioether (sulfide) groups is 1. The van der Waals surface area contributed by atoms with E-state index in [0.29, 0.717) is 4.47 Å². The van der Waals surface area contributed by atoms with Gasteiger partial charge in [0.1, 0.15) is 0 Å². The van der Waals surface area contributed by atoms with Gasteiger partial charge in [0.15, 0.2) is 0 Å². The van der Waals surface area contributed by atoms with Crippen LogP contribution in [-0.4, -0.2) is 22.4 Å². The van der Waals surface area contributed by atoms with Crippen LogP contribution in [0.4, 0.5) is 5.69 Å². The molecule has 16 heavy (non-hydrogen) atoms.